The second kappa shape index (κ2) is 9.67. The summed E-state index contributed by atoms with van der Waals surface area (Å²) in [7, 11) is 0. The summed E-state index contributed by atoms with van der Waals surface area (Å²) >= 11 is 3.09. The van der Waals surface area contributed by atoms with Crippen LogP contribution in [0.4, 0.5) is 15.5 Å². The fourth-order valence-electron chi connectivity index (χ4n) is 4.38. The third-order valence-electron chi connectivity index (χ3n) is 6.38. The molecule has 5 rings (SSSR count). The third kappa shape index (κ3) is 4.92. The number of nitrogens with one attached hydrogen (secondary N) is 3. The Bertz CT molecular complexity index is 1110. The van der Waals surface area contributed by atoms with Gasteiger partial charge in [-0.1, -0.05) is 11.3 Å². The van der Waals surface area contributed by atoms with Crippen LogP contribution in [0.15, 0.2) is 29.4 Å². The van der Waals surface area contributed by atoms with Gasteiger partial charge in [-0.25, -0.2) is 19.3 Å². The second-order valence-electron chi connectivity index (χ2n) is 8.71. The molecule has 2 aromatic heterocycles. The van der Waals surface area contributed by atoms with Crippen LogP contribution in [0.2, 0.25) is 0 Å². The zero-order chi connectivity index (χ0) is 22.8. The van der Waals surface area contributed by atoms with E-state index in [1.54, 1.807) is 30.2 Å². The monoisotopic (exact) mass is 489 g/mol. The van der Waals surface area contributed by atoms with Gasteiger partial charge in [0.25, 0.3) is 0 Å². The summed E-state index contributed by atoms with van der Waals surface area (Å²) < 4.78 is 15.7. The molecule has 11 heteroatoms. The van der Waals surface area contributed by atoms with Gasteiger partial charge in [0, 0.05) is 73.6 Å². The van der Waals surface area contributed by atoms with Crippen LogP contribution in [0.1, 0.15) is 24.6 Å². The van der Waals surface area contributed by atoms with Gasteiger partial charge < -0.3 is 21.1 Å². The number of aliphatic hydroxyl groups is 1. The molecule has 1 atom stereocenters. The van der Waals surface area contributed by atoms with Crippen LogP contribution in [0.25, 0.3) is 10.2 Å². The van der Waals surface area contributed by atoms with E-state index in [0.29, 0.717) is 17.0 Å². The zero-order valence-corrected chi connectivity index (χ0v) is 20.1. The van der Waals surface area contributed by atoms with Crippen molar-refractivity contribution in [1.82, 2.24) is 25.2 Å². The highest BCUT2D eigenvalue weighted by molar-refractivity contribution is 7.98. The van der Waals surface area contributed by atoms with E-state index in [0.717, 1.165) is 66.8 Å². The molecule has 2 fully saturated rings. The fourth-order valence-corrected chi connectivity index (χ4v) is 5.61. The Kier molecular flexibility index (Phi) is 6.66. The first-order valence-corrected chi connectivity index (χ1v) is 13.2. The Morgan fingerprint density at radius 3 is 2.76 bits per heavy atom. The van der Waals surface area contributed by atoms with Crippen molar-refractivity contribution < 1.29 is 9.50 Å². The van der Waals surface area contributed by atoms with E-state index in [4.69, 9.17) is 0 Å². The summed E-state index contributed by atoms with van der Waals surface area (Å²) in [6.07, 6.45) is 6.57. The molecule has 0 amide bonds. The lowest BCUT2D eigenvalue weighted by molar-refractivity contribution is 0.00338. The minimum atomic E-state index is -0.925. The number of aliphatic hydroxyl groups excluding tert-OH is 1. The normalized spacial score (nSPS) is 18.5. The van der Waals surface area contributed by atoms with Crippen LogP contribution < -0.4 is 16.0 Å². The van der Waals surface area contributed by atoms with Crippen LogP contribution >= 0.6 is 23.1 Å². The van der Waals surface area contributed by atoms with Gasteiger partial charge in [-0.2, -0.15) is 0 Å². The molecule has 2 aliphatic heterocycles. The highest BCUT2D eigenvalue weighted by Gasteiger charge is 2.44. The number of fused-ring (bicyclic) bond motifs is 1. The lowest BCUT2D eigenvalue weighted by atomic mass is 9.81. The van der Waals surface area contributed by atoms with Crippen LogP contribution in [0.3, 0.4) is 0 Å². The molecule has 0 bridgehead atoms. The third-order valence-corrected chi connectivity index (χ3v) is 8.03. The topological polar surface area (TPSA) is 98.2 Å². The summed E-state index contributed by atoms with van der Waals surface area (Å²) in [4.78, 5) is 16.1. The van der Waals surface area contributed by atoms with E-state index in [1.807, 2.05) is 11.2 Å². The molecule has 1 aromatic carbocycles. The Balaban J connectivity index is 1.15. The van der Waals surface area contributed by atoms with Crippen LogP contribution in [0, 0.1) is 11.2 Å². The first-order chi connectivity index (χ1) is 16.0. The summed E-state index contributed by atoms with van der Waals surface area (Å²) in [6.45, 7) is 5.00. The second-order valence-corrected chi connectivity index (χ2v) is 10.6. The minimum Gasteiger partial charge on any atom is -0.374 e. The number of aromatic nitrogens is 3. The van der Waals surface area contributed by atoms with Gasteiger partial charge in [0.15, 0.2) is 5.13 Å². The van der Waals surface area contributed by atoms with Crippen molar-refractivity contribution in [2.75, 3.05) is 56.2 Å². The smallest absolute Gasteiger partial charge is 0.222 e. The van der Waals surface area contributed by atoms with Gasteiger partial charge in [0.05, 0.1) is 10.2 Å². The Hall–Kier alpha value is -2.05. The molecule has 0 saturated carbocycles. The largest absolute Gasteiger partial charge is 0.374 e. The first-order valence-electron chi connectivity index (χ1n) is 11.1. The Morgan fingerprint density at radius 1 is 1.27 bits per heavy atom. The van der Waals surface area contributed by atoms with Gasteiger partial charge in [0.2, 0.25) is 5.95 Å². The number of nitrogens with zero attached hydrogens (tertiary/aromatic N) is 4. The molecule has 176 valence electrons. The predicted molar refractivity (Wildman–Crippen MR) is 131 cm³/mol. The van der Waals surface area contributed by atoms with Gasteiger partial charge in [-0.05, 0) is 25.2 Å². The van der Waals surface area contributed by atoms with E-state index in [9.17, 15) is 9.50 Å². The van der Waals surface area contributed by atoms with Crippen molar-refractivity contribution in [1.29, 1.82) is 0 Å². The molecule has 0 radical (unpaired) electrons. The molecule has 33 heavy (non-hydrogen) atoms. The van der Waals surface area contributed by atoms with E-state index >= 15 is 0 Å². The summed E-state index contributed by atoms with van der Waals surface area (Å²) in [5.74, 6) is 0.211. The standard InChI is InChI=1S/C22H28FN7OS2/c1-32-14-9-27-20(28-10-14)25-4-2-5-26-21-29-17-8-16(23)15(7-18(17)33-21)19(31)30-6-3-22(13-30)11-24-12-22/h7-10,19,24,31H,2-6,11-13H2,1H3,(H,26,29)(H,25,27,28). The number of benzene rings is 1. The number of hydrogen-bond donors (Lipinski definition) is 4. The summed E-state index contributed by atoms with van der Waals surface area (Å²) in [5, 5.41) is 21.4. The molecule has 8 nitrogen and oxygen atoms in total. The highest BCUT2D eigenvalue weighted by Crippen LogP contribution is 2.39. The number of hydrogen-bond acceptors (Lipinski definition) is 10. The number of thiazole rings is 1. The van der Waals surface area contributed by atoms with Gasteiger partial charge >= 0.3 is 0 Å². The maximum atomic E-state index is 14.8. The Morgan fingerprint density at radius 2 is 2.06 bits per heavy atom. The number of anilines is 2. The first kappa shape index (κ1) is 22.7. The van der Waals surface area contributed by atoms with Gasteiger partial charge in [-0.15, -0.1) is 11.8 Å². The number of likely N-dealkylation sites (tertiary alicyclic amines) is 1. The van der Waals surface area contributed by atoms with Crippen LogP contribution in [-0.4, -0.2) is 70.5 Å². The summed E-state index contributed by atoms with van der Waals surface area (Å²) in [6, 6.07) is 3.18. The highest BCUT2D eigenvalue weighted by atomic mass is 32.2. The molecule has 4 N–H and O–H groups in total. The lowest BCUT2D eigenvalue weighted by Crippen LogP contribution is -2.54. The van der Waals surface area contributed by atoms with Crippen molar-refractivity contribution in [3.63, 3.8) is 0 Å². The Labute approximate surface area is 200 Å². The van der Waals surface area contributed by atoms with E-state index in [2.05, 4.69) is 30.9 Å². The van der Waals surface area contributed by atoms with Crippen LogP contribution in [0.5, 0.6) is 0 Å². The van der Waals surface area contributed by atoms with E-state index in [1.165, 1.54) is 17.4 Å². The number of thioether (sulfide) groups is 1. The van der Waals surface area contributed by atoms with Crippen molar-refractivity contribution >= 4 is 44.4 Å². The fraction of sp³-hybridized carbons (Fsp3) is 0.500. The van der Waals surface area contributed by atoms with Crippen molar-refractivity contribution in [2.45, 2.75) is 24.0 Å². The average molecular weight is 490 g/mol. The van der Waals surface area contributed by atoms with Gasteiger partial charge in [-0.3, -0.25) is 4.90 Å². The molecule has 2 aliphatic rings. The molecule has 0 aliphatic carbocycles. The maximum absolute atomic E-state index is 14.8. The zero-order valence-electron chi connectivity index (χ0n) is 18.5. The van der Waals surface area contributed by atoms with Crippen molar-refractivity contribution in [3.05, 3.63) is 35.9 Å². The number of halogens is 1. The molecule has 3 aromatic rings. The lowest BCUT2D eigenvalue weighted by Gasteiger charge is -2.39. The quantitative estimate of drug-likeness (QED) is 0.267. The van der Waals surface area contributed by atoms with E-state index in [-0.39, 0.29) is 5.41 Å². The molecule has 1 unspecified atom stereocenters. The van der Waals surface area contributed by atoms with Crippen molar-refractivity contribution in [2.24, 2.45) is 5.41 Å². The SMILES string of the molecule is CSc1cnc(NCCCNc2nc3cc(F)c(C(O)N4CCC5(CNC5)C4)cc3s2)nc1. The number of rotatable bonds is 9. The average Bonchev–Trinajstić information content (AvgIpc) is 3.42. The predicted octanol–water partition coefficient (Wildman–Crippen LogP) is 3.15. The van der Waals surface area contributed by atoms with Crippen molar-refractivity contribution in [3.8, 4) is 0 Å². The molecule has 1 spiro atoms. The van der Waals surface area contributed by atoms with E-state index < -0.39 is 12.0 Å². The van der Waals surface area contributed by atoms with Crippen LogP contribution in [-0.2, 0) is 0 Å². The van der Waals surface area contributed by atoms with Gasteiger partial charge in [0.1, 0.15) is 12.0 Å². The minimum absolute atomic E-state index is 0.252. The molecule has 2 saturated heterocycles. The molecular weight excluding hydrogens is 461 g/mol. The molecular formula is C22H28FN7OS2. The molecule has 4 heterocycles. The maximum Gasteiger partial charge on any atom is 0.222 e. The summed E-state index contributed by atoms with van der Waals surface area (Å²) in [5.41, 5.74) is 1.19.